The quantitative estimate of drug-likeness (QED) is 0.718. The van der Waals surface area contributed by atoms with Crippen LogP contribution in [0.3, 0.4) is 0 Å². The first kappa shape index (κ1) is 20.8. The number of esters is 1. The highest BCUT2D eigenvalue weighted by Gasteiger charge is 2.21. The Morgan fingerprint density at radius 1 is 1.03 bits per heavy atom. The molecule has 1 saturated carbocycles. The SMILES string of the molecule is COc1ccc(S(=O)(=O)NC(=O)c2ccc(C(=O)OC3CCCCC3)nc2)cc1. The van der Waals surface area contributed by atoms with Crippen molar-refractivity contribution in [1.82, 2.24) is 9.71 Å². The van der Waals surface area contributed by atoms with E-state index in [9.17, 15) is 18.0 Å². The van der Waals surface area contributed by atoms with E-state index in [-0.39, 0.29) is 22.3 Å². The second-order valence-corrected chi connectivity index (χ2v) is 8.39. The average molecular weight is 418 g/mol. The number of nitrogens with zero attached hydrogens (tertiary/aromatic N) is 1. The van der Waals surface area contributed by atoms with Gasteiger partial charge < -0.3 is 9.47 Å². The number of amides is 1. The van der Waals surface area contributed by atoms with Gasteiger partial charge in [0.15, 0.2) is 0 Å². The Morgan fingerprint density at radius 3 is 2.31 bits per heavy atom. The molecule has 0 spiro atoms. The topological polar surface area (TPSA) is 112 Å². The maximum atomic E-state index is 12.3. The van der Waals surface area contributed by atoms with Crippen LogP contribution in [0.2, 0.25) is 0 Å². The predicted molar refractivity (Wildman–Crippen MR) is 104 cm³/mol. The molecule has 1 N–H and O–H groups in total. The van der Waals surface area contributed by atoms with Crippen LogP contribution < -0.4 is 9.46 Å². The van der Waals surface area contributed by atoms with Crippen LogP contribution >= 0.6 is 0 Å². The Labute approximate surface area is 169 Å². The molecule has 2 aromatic rings. The first-order valence-corrected chi connectivity index (χ1v) is 10.8. The van der Waals surface area contributed by atoms with Crippen LogP contribution in [0.1, 0.15) is 53.0 Å². The molecule has 0 radical (unpaired) electrons. The molecule has 1 aromatic carbocycles. The van der Waals surface area contributed by atoms with Gasteiger partial charge in [0, 0.05) is 6.20 Å². The molecule has 9 heteroatoms. The van der Waals surface area contributed by atoms with Gasteiger partial charge in [-0.1, -0.05) is 6.42 Å². The molecule has 0 unspecified atom stereocenters. The van der Waals surface area contributed by atoms with E-state index >= 15 is 0 Å². The van der Waals surface area contributed by atoms with E-state index < -0.39 is 21.9 Å². The lowest BCUT2D eigenvalue weighted by Gasteiger charge is -2.21. The maximum absolute atomic E-state index is 12.3. The molecule has 0 aliphatic heterocycles. The lowest BCUT2D eigenvalue weighted by molar-refractivity contribution is 0.0204. The highest BCUT2D eigenvalue weighted by Crippen LogP contribution is 2.21. The Kier molecular flexibility index (Phi) is 6.48. The predicted octanol–water partition coefficient (Wildman–Crippen LogP) is 2.70. The molecule has 1 fully saturated rings. The number of pyridine rings is 1. The van der Waals surface area contributed by atoms with Crippen molar-refractivity contribution >= 4 is 21.9 Å². The number of aromatic nitrogens is 1. The van der Waals surface area contributed by atoms with E-state index in [0.717, 1.165) is 38.3 Å². The largest absolute Gasteiger partial charge is 0.497 e. The number of sulfonamides is 1. The normalized spacial score (nSPS) is 14.8. The fourth-order valence-corrected chi connectivity index (χ4v) is 4.01. The van der Waals surface area contributed by atoms with Crippen LogP contribution in [0.15, 0.2) is 47.5 Å². The first-order valence-electron chi connectivity index (χ1n) is 9.27. The molecule has 1 amide bonds. The van der Waals surface area contributed by atoms with Gasteiger partial charge in [0.05, 0.1) is 17.6 Å². The van der Waals surface area contributed by atoms with E-state index in [4.69, 9.17) is 9.47 Å². The van der Waals surface area contributed by atoms with Gasteiger partial charge in [-0.2, -0.15) is 0 Å². The summed E-state index contributed by atoms with van der Waals surface area (Å²) in [7, 11) is -2.59. The van der Waals surface area contributed by atoms with Crippen molar-refractivity contribution in [3.05, 3.63) is 53.9 Å². The number of carbonyl (C=O) groups excluding carboxylic acids is 2. The number of hydrogen-bond acceptors (Lipinski definition) is 7. The number of rotatable bonds is 6. The molecule has 1 aliphatic carbocycles. The summed E-state index contributed by atoms with van der Waals surface area (Å²) >= 11 is 0. The zero-order valence-electron chi connectivity index (χ0n) is 16.0. The number of carbonyl (C=O) groups is 2. The number of ether oxygens (including phenoxy) is 2. The zero-order valence-corrected chi connectivity index (χ0v) is 16.8. The smallest absolute Gasteiger partial charge is 0.357 e. The van der Waals surface area contributed by atoms with Crippen molar-refractivity contribution in [2.24, 2.45) is 0 Å². The minimum atomic E-state index is -4.05. The summed E-state index contributed by atoms with van der Waals surface area (Å²) in [6, 6.07) is 8.30. The molecule has 8 nitrogen and oxygen atoms in total. The molecule has 1 aliphatic rings. The van der Waals surface area contributed by atoms with Crippen LogP contribution in [0.4, 0.5) is 0 Å². The Hall–Kier alpha value is -2.94. The second kappa shape index (κ2) is 9.04. The zero-order chi connectivity index (χ0) is 20.9. The lowest BCUT2D eigenvalue weighted by atomic mass is 9.98. The van der Waals surface area contributed by atoms with Gasteiger partial charge >= 0.3 is 5.97 Å². The fourth-order valence-electron chi connectivity index (χ4n) is 3.04. The van der Waals surface area contributed by atoms with E-state index in [1.54, 1.807) is 0 Å². The molecule has 0 atom stereocenters. The highest BCUT2D eigenvalue weighted by atomic mass is 32.2. The third kappa shape index (κ3) is 5.32. The number of nitrogens with one attached hydrogen (secondary N) is 1. The molecular formula is C20H22N2O6S. The van der Waals surface area contributed by atoms with Crippen molar-refractivity contribution in [2.45, 2.75) is 43.1 Å². The second-order valence-electron chi connectivity index (χ2n) is 6.71. The maximum Gasteiger partial charge on any atom is 0.357 e. The van der Waals surface area contributed by atoms with Crippen molar-refractivity contribution in [3.8, 4) is 5.75 Å². The van der Waals surface area contributed by atoms with E-state index in [1.165, 1.54) is 43.5 Å². The van der Waals surface area contributed by atoms with Gasteiger partial charge in [-0.05, 0) is 62.1 Å². The molecule has 0 bridgehead atoms. The van der Waals surface area contributed by atoms with Crippen molar-refractivity contribution in [3.63, 3.8) is 0 Å². The van der Waals surface area contributed by atoms with Crippen LogP contribution in [-0.2, 0) is 14.8 Å². The summed E-state index contributed by atoms with van der Waals surface area (Å²) < 4.78 is 37.1. The van der Waals surface area contributed by atoms with Crippen molar-refractivity contribution in [1.29, 1.82) is 0 Å². The Balaban J connectivity index is 1.64. The lowest BCUT2D eigenvalue weighted by Crippen LogP contribution is -2.30. The third-order valence-corrected chi connectivity index (χ3v) is 6.00. The standard InChI is InChI=1S/C20H22N2O6S/c1-27-15-8-10-17(11-9-15)29(25,26)22-19(23)14-7-12-18(21-13-14)20(24)28-16-5-3-2-4-6-16/h7-13,16H,2-6H2,1H3,(H,22,23). The van der Waals surface area contributed by atoms with Crippen LogP contribution in [-0.4, -0.2) is 38.5 Å². The Morgan fingerprint density at radius 2 is 1.72 bits per heavy atom. The van der Waals surface area contributed by atoms with Gasteiger partial charge in [0.1, 0.15) is 17.5 Å². The molecule has 1 heterocycles. The molecule has 0 saturated heterocycles. The monoisotopic (exact) mass is 418 g/mol. The molecular weight excluding hydrogens is 396 g/mol. The van der Waals surface area contributed by atoms with Crippen LogP contribution in [0.25, 0.3) is 0 Å². The van der Waals surface area contributed by atoms with Crippen molar-refractivity contribution < 1.29 is 27.5 Å². The fraction of sp³-hybridized carbons (Fsp3) is 0.350. The average Bonchev–Trinajstić information content (AvgIpc) is 2.74. The van der Waals surface area contributed by atoms with E-state index in [1.807, 2.05) is 4.72 Å². The number of methoxy groups -OCH3 is 1. The summed E-state index contributed by atoms with van der Waals surface area (Å²) in [5.41, 5.74) is 0.0847. The number of hydrogen-bond donors (Lipinski definition) is 1. The highest BCUT2D eigenvalue weighted by molar-refractivity contribution is 7.90. The summed E-state index contributed by atoms with van der Waals surface area (Å²) in [6.45, 7) is 0. The van der Waals surface area contributed by atoms with Crippen LogP contribution in [0, 0.1) is 0 Å². The minimum absolute atomic E-state index is 0.0105. The molecule has 3 rings (SSSR count). The van der Waals surface area contributed by atoms with Crippen LogP contribution in [0.5, 0.6) is 5.75 Å². The van der Waals surface area contributed by atoms with Gasteiger partial charge in [-0.3, -0.25) is 4.79 Å². The van der Waals surface area contributed by atoms with Gasteiger partial charge in [-0.15, -0.1) is 0 Å². The van der Waals surface area contributed by atoms with Crippen molar-refractivity contribution in [2.75, 3.05) is 7.11 Å². The first-order chi connectivity index (χ1) is 13.9. The summed E-state index contributed by atoms with van der Waals surface area (Å²) in [5, 5.41) is 0. The summed E-state index contributed by atoms with van der Waals surface area (Å²) in [6.07, 6.45) is 5.95. The van der Waals surface area contributed by atoms with E-state index in [2.05, 4.69) is 4.98 Å². The molecule has 154 valence electrons. The van der Waals surface area contributed by atoms with Gasteiger partial charge in [0.2, 0.25) is 0 Å². The van der Waals surface area contributed by atoms with Gasteiger partial charge in [-0.25, -0.2) is 22.9 Å². The third-order valence-electron chi connectivity index (χ3n) is 4.66. The minimum Gasteiger partial charge on any atom is -0.497 e. The molecule has 1 aromatic heterocycles. The molecule has 29 heavy (non-hydrogen) atoms. The van der Waals surface area contributed by atoms with E-state index in [0.29, 0.717) is 5.75 Å². The summed E-state index contributed by atoms with van der Waals surface area (Å²) in [5.74, 6) is -0.898. The van der Waals surface area contributed by atoms with Gasteiger partial charge in [0.25, 0.3) is 15.9 Å². The summed E-state index contributed by atoms with van der Waals surface area (Å²) in [4.78, 5) is 28.3. The number of benzene rings is 1. The Bertz CT molecular complexity index is 965.